The van der Waals surface area contributed by atoms with Gasteiger partial charge < -0.3 is 5.32 Å². The third-order valence-electron chi connectivity index (χ3n) is 5.99. The summed E-state index contributed by atoms with van der Waals surface area (Å²) in [4.78, 5) is 0. The van der Waals surface area contributed by atoms with E-state index < -0.39 is 0 Å². The molecule has 0 atom stereocenters. The molecule has 0 heterocycles. The first-order chi connectivity index (χ1) is 9.25. The van der Waals surface area contributed by atoms with Crippen molar-refractivity contribution in [1.82, 2.24) is 0 Å². The van der Waals surface area contributed by atoms with Crippen LogP contribution in [0.3, 0.4) is 0 Å². The summed E-state index contributed by atoms with van der Waals surface area (Å²) in [5.41, 5.74) is 3.46. The van der Waals surface area contributed by atoms with Crippen molar-refractivity contribution in [3.05, 3.63) is 29.8 Å². The zero-order valence-electron chi connectivity index (χ0n) is 12.4. The van der Waals surface area contributed by atoms with Crippen molar-refractivity contribution in [2.24, 2.45) is 23.2 Å². The summed E-state index contributed by atoms with van der Waals surface area (Å²) in [6.45, 7) is 0. The molecule has 0 aliphatic heterocycles. The molecule has 2 heteroatoms. The molecule has 20 heavy (non-hydrogen) atoms. The minimum absolute atomic E-state index is 0. The Morgan fingerprint density at radius 3 is 1.90 bits per heavy atom. The lowest BCUT2D eigenvalue weighted by molar-refractivity contribution is -0.0521. The number of nitrogens with one attached hydrogen (secondary N) is 1. The zero-order chi connectivity index (χ0) is 12.9. The molecular weight excluding hydrogens is 266 g/mol. The molecule has 0 saturated heterocycles. The third kappa shape index (κ3) is 2.45. The highest BCUT2D eigenvalue weighted by atomic mass is 35.5. The van der Waals surface area contributed by atoms with E-state index in [1.165, 1.54) is 31.4 Å². The van der Waals surface area contributed by atoms with E-state index in [-0.39, 0.29) is 12.4 Å². The van der Waals surface area contributed by atoms with E-state index in [2.05, 4.69) is 29.6 Å². The molecule has 0 spiro atoms. The number of hydrogen-bond acceptors (Lipinski definition) is 1. The van der Waals surface area contributed by atoms with E-state index in [1.807, 2.05) is 7.05 Å². The molecule has 1 aromatic carbocycles. The van der Waals surface area contributed by atoms with Crippen LogP contribution in [0.2, 0.25) is 0 Å². The summed E-state index contributed by atoms with van der Waals surface area (Å²) in [6, 6.07) is 9.14. The molecular formula is C18H26ClN. The number of benzene rings is 1. The Balaban J connectivity index is 0.00000121. The van der Waals surface area contributed by atoms with Gasteiger partial charge in [-0.2, -0.15) is 0 Å². The van der Waals surface area contributed by atoms with Crippen molar-refractivity contribution in [2.75, 3.05) is 12.4 Å². The fraction of sp³-hybridized carbons (Fsp3) is 0.667. The molecule has 0 radical (unpaired) electrons. The van der Waals surface area contributed by atoms with Crippen LogP contribution in [-0.4, -0.2) is 7.05 Å². The molecule has 1 N–H and O–H groups in total. The Morgan fingerprint density at radius 1 is 0.950 bits per heavy atom. The monoisotopic (exact) mass is 291 g/mol. The number of anilines is 1. The van der Waals surface area contributed by atoms with Crippen molar-refractivity contribution in [3.63, 3.8) is 0 Å². The minimum Gasteiger partial charge on any atom is -0.388 e. The molecule has 4 aliphatic carbocycles. The minimum atomic E-state index is 0. The molecule has 110 valence electrons. The van der Waals surface area contributed by atoms with Crippen LogP contribution in [0.25, 0.3) is 0 Å². The maximum atomic E-state index is 3.21. The molecule has 0 amide bonds. The Labute approximate surface area is 128 Å². The van der Waals surface area contributed by atoms with E-state index in [9.17, 15) is 0 Å². The van der Waals surface area contributed by atoms with E-state index in [1.54, 1.807) is 24.8 Å². The summed E-state index contributed by atoms with van der Waals surface area (Å²) >= 11 is 0. The van der Waals surface area contributed by atoms with Crippen LogP contribution in [0.1, 0.15) is 44.1 Å². The van der Waals surface area contributed by atoms with E-state index in [0.29, 0.717) is 5.41 Å². The smallest absolute Gasteiger partial charge is 0.0337 e. The van der Waals surface area contributed by atoms with Gasteiger partial charge in [0.2, 0.25) is 0 Å². The van der Waals surface area contributed by atoms with Crippen molar-refractivity contribution in [3.8, 4) is 0 Å². The van der Waals surface area contributed by atoms with Crippen LogP contribution in [0.4, 0.5) is 5.69 Å². The van der Waals surface area contributed by atoms with Crippen LogP contribution >= 0.6 is 12.4 Å². The normalized spacial score (nSPS) is 37.5. The highest BCUT2D eigenvalue weighted by Crippen LogP contribution is 2.61. The second-order valence-corrected chi connectivity index (χ2v) is 7.54. The van der Waals surface area contributed by atoms with E-state index in [4.69, 9.17) is 0 Å². The number of rotatable bonds is 3. The summed E-state index contributed by atoms with van der Waals surface area (Å²) in [5.74, 6) is 3.22. The van der Waals surface area contributed by atoms with Crippen LogP contribution in [0, 0.1) is 23.2 Å². The van der Waals surface area contributed by atoms with Gasteiger partial charge in [-0.15, -0.1) is 12.4 Å². The second kappa shape index (κ2) is 5.26. The molecule has 0 unspecified atom stereocenters. The lowest BCUT2D eigenvalue weighted by atomic mass is 9.48. The maximum absolute atomic E-state index is 3.21. The number of halogens is 1. The Kier molecular flexibility index (Phi) is 3.75. The van der Waals surface area contributed by atoms with Crippen LogP contribution in [0.15, 0.2) is 24.3 Å². The molecule has 4 fully saturated rings. The first-order valence-electron chi connectivity index (χ1n) is 8.01. The molecule has 0 aromatic heterocycles. The van der Waals surface area contributed by atoms with Crippen molar-refractivity contribution in [1.29, 1.82) is 0 Å². The third-order valence-corrected chi connectivity index (χ3v) is 5.99. The molecule has 5 rings (SSSR count). The first-order valence-corrected chi connectivity index (χ1v) is 8.01. The van der Waals surface area contributed by atoms with Crippen LogP contribution < -0.4 is 5.32 Å². The molecule has 1 aromatic rings. The van der Waals surface area contributed by atoms with E-state index in [0.717, 1.165) is 17.8 Å². The standard InChI is InChI=1S/C18H25N.ClH/c1-19-17-4-2-13(3-5-17)9-18-10-14-6-15(11-18)8-16(7-14)12-18;/h2-5,14-16,19H,6-12H2,1H3;1H. The molecule has 4 saturated carbocycles. The van der Waals surface area contributed by atoms with Gasteiger partial charge >= 0.3 is 0 Å². The number of hydrogen-bond donors (Lipinski definition) is 1. The van der Waals surface area contributed by atoms with Gasteiger partial charge in [0.1, 0.15) is 0 Å². The van der Waals surface area contributed by atoms with Crippen molar-refractivity contribution in [2.45, 2.75) is 44.9 Å². The highest BCUT2D eigenvalue weighted by Gasteiger charge is 2.50. The summed E-state index contributed by atoms with van der Waals surface area (Å²) in [6.07, 6.45) is 10.6. The van der Waals surface area contributed by atoms with Crippen LogP contribution in [0.5, 0.6) is 0 Å². The van der Waals surface area contributed by atoms with E-state index >= 15 is 0 Å². The predicted molar refractivity (Wildman–Crippen MR) is 87.5 cm³/mol. The van der Waals surface area contributed by atoms with Gasteiger partial charge in [0.05, 0.1) is 0 Å². The zero-order valence-corrected chi connectivity index (χ0v) is 13.2. The van der Waals surface area contributed by atoms with Gasteiger partial charge in [0, 0.05) is 12.7 Å². The van der Waals surface area contributed by atoms with Gasteiger partial charge in [-0.3, -0.25) is 0 Å². The van der Waals surface area contributed by atoms with Gasteiger partial charge in [0.15, 0.2) is 0 Å². The fourth-order valence-corrected chi connectivity index (χ4v) is 5.73. The molecule has 1 nitrogen and oxygen atoms in total. The van der Waals surface area contributed by atoms with Crippen molar-refractivity contribution >= 4 is 18.1 Å². The highest BCUT2D eigenvalue weighted by molar-refractivity contribution is 5.85. The lowest BCUT2D eigenvalue weighted by Crippen LogP contribution is -2.47. The Hall–Kier alpha value is -0.690. The SMILES string of the molecule is CNc1ccc(CC23CC4CC(CC(C4)C2)C3)cc1.Cl. The average Bonchev–Trinajstić information content (AvgIpc) is 2.37. The van der Waals surface area contributed by atoms with Gasteiger partial charge in [-0.25, -0.2) is 0 Å². The second-order valence-electron chi connectivity index (χ2n) is 7.54. The fourth-order valence-electron chi connectivity index (χ4n) is 5.73. The summed E-state index contributed by atoms with van der Waals surface area (Å²) in [5, 5.41) is 3.21. The Morgan fingerprint density at radius 2 is 1.45 bits per heavy atom. The van der Waals surface area contributed by atoms with Gasteiger partial charge in [-0.05, 0) is 85.8 Å². The average molecular weight is 292 g/mol. The molecule has 4 bridgehead atoms. The first kappa shape index (κ1) is 14.3. The summed E-state index contributed by atoms with van der Waals surface area (Å²) < 4.78 is 0. The van der Waals surface area contributed by atoms with Gasteiger partial charge in [0.25, 0.3) is 0 Å². The van der Waals surface area contributed by atoms with Gasteiger partial charge in [-0.1, -0.05) is 12.1 Å². The van der Waals surface area contributed by atoms with Crippen LogP contribution in [-0.2, 0) is 6.42 Å². The largest absolute Gasteiger partial charge is 0.388 e. The topological polar surface area (TPSA) is 12.0 Å². The predicted octanol–water partition coefficient (Wildman–Crippen LogP) is 4.91. The quantitative estimate of drug-likeness (QED) is 0.834. The summed E-state index contributed by atoms with van der Waals surface area (Å²) in [7, 11) is 1.99. The lowest BCUT2D eigenvalue weighted by Gasteiger charge is -2.57. The molecule has 4 aliphatic rings. The maximum Gasteiger partial charge on any atom is 0.0337 e. The Bertz CT molecular complexity index is 430. The van der Waals surface area contributed by atoms with Crippen molar-refractivity contribution < 1.29 is 0 Å².